The number of carbonyl (C=O) groups excluding carboxylic acids is 3. The number of carbonyl (C=O) groups is 3. The van der Waals surface area contributed by atoms with E-state index in [2.05, 4.69) is 15.9 Å². The van der Waals surface area contributed by atoms with Crippen molar-refractivity contribution in [3.05, 3.63) is 85.9 Å². The highest BCUT2D eigenvalue weighted by molar-refractivity contribution is 9.10. The van der Waals surface area contributed by atoms with Crippen LogP contribution in [0.2, 0.25) is 0 Å². The standard InChI is InChI=1S/C23H20BrN3O5/c1-14-2-11-19-20(12-14)23(30)26(22(19)29)25(13-15-3-7-17(24)8-4-15)21(28)16-5-9-18(10-6-16)27(31)32/h2-10,19-20H,11-13H2,1H3/t19-,20+/m0/s1. The maximum absolute atomic E-state index is 13.4. The summed E-state index contributed by atoms with van der Waals surface area (Å²) >= 11 is 3.37. The lowest BCUT2D eigenvalue weighted by atomic mass is 9.82. The molecule has 2 aromatic rings. The summed E-state index contributed by atoms with van der Waals surface area (Å²) < 4.78 is 0.857. The molecule has 0 bridgehead atoms. The van der Waals surface area contributed by atoms with Crippen molar-refractivity contribution in [1.82, 2.24) is 10.0 Å². The van der Waals surface area contributed by atoms with Crippen molar-refractivity contribution in [2.45, 2.75) is 26.3 Å². The Kier molecular flexibility index (Phi) is 5.92. The van der Waals surface area contributed by atoms with Gasteiger partial charge in [-0.1, -0.05) is 39.7 Å². The molecule has 1 aliphatic heterocycles. The lowest BCUT2D eigenvalue weighted by Crippen LogP contribution is -2.49. The van der Waals surface area contributed by atoms with Gasteiger partial charge in [0.25, 0.3) is 23.4 Å². The fourth-order valence-corrected chi connectivity index (χ4v) is 4.39. The topological polar surface area (TPSA) is 101 Å². The number of imide groups is 1. The van der Waals surface area contributed by atoms with Crippen LogP contribution >= 0.6 is 15.9 Å². The van der Waals surface area contributed by atoms with Crippen molar-refractivity contribution in [3.8, 4) is 0 Å². The molecule has 1 aliphatic carbocycles. The summed E-state index contributed by atoms with van der Waals surface area (Å²) in [5.41, 5.74) is 1.78. The second-order valence-electron chi connectivity index (χ2n) is 7.98. The number of amides is 3. The van der Waals surface area contributed by atoms with Crippen molar-refractivity contribution >= 4 is 39.3 Å². The molecule has 3 amide bonds. The summed E-state index contributed by atoms with van der Waals surface area (Å²) in [5, 5.41) is 13.1. The normalized spacial score (nSPS) is 20.1. The van der Waals surface area contributed by atoms with E-state index in [9.17, 15) is 24.5 Å². The van der Waals surface area contributed by atoms with Crippen LogP contribution in [0.1, 0.15) is 35.7 Å². The van der Waals surface area contributed by atoms with Gasteiger partial charge in [0.05, 0.1) is 23.3 Å². The number of hydrogen-bond donors (Lipinski definition) is 0. The fourth-order valence-electron chi connectivity index (χ4n) is 4.13. The zero-order chi connectivity index (χ0) is 23.0. The van der Waals surface area contributed by atoms with Crippen molar-refractivity contribution in [3.63, 3.8) is 0 Å². The minimum atomic E-state index is -0.576. The number of nitro benzene ring substituents is 1. The van der Waals surface area contributed by atoms with E-state index < -0.39 is 28.6 Å². The number of fused-ring (bicyclic) bond motifs is 1. The molecule has 1 fully saturated rings. The van der Waals surface area contributed by atoms with Crippen LogP contribution in [0.25, 0.3) is 0 Å². The highest BCUT2D eigenvalue weighted by Gasteiger charge is 2.51. The Hall–Kier alpha value is -3.33. The summed E-state index contributed by atoms with van der Waals surface area (Å²) in [6, 6.07) is 12.3. The highest BCUT2D eigenvalue weighted by Crippen LogP contribution is 2.39. The molecule has 0 saturated carbocycles. The monoisotopic (exact) mass is 497 g/mol. The molecule has 4 rings (SSSR count). The van der Waals surface area contributed by atoms with Gasteiger partial charge in [-0.2, -0.15) is 5.01 Å². The summed E-state index contributed by atoms with van der Waals surface area (Å²) in [5.74, 6) is -2.32. The Balaban J connectivity index is 1.70. The number of hydrazine groups is 1. The first-order valence-corrected chi connectivity index (χ1v) is 10.9. The summed E-state index contributed by atoms with van der Waals surface area (Å²) in [4.78, 5) is 50.3. The molecule has 0 spiro atoms. The minimum absolute atomic E-state index is 0.00638. The first-order valence-electron chi connectivity index (χ1n) is 10.1. The molecular formula is C23H20BrN3O5. The van der Waals surface area contributed by atoms with Crippen LogP contribution in [-0.2, 0) is 16.1 Å². The second-order valence-corrected chi connectivity index (χ2v) is 8.90. The molecule has 32 heavy (non-hydrogen) atoms. The molecule has 2 aliphatic rings. The van der Waals surface area contributed by atoms with E-state index in [-0.39, 0.29) is 23.7 Å². The fraction of sp³-hybridized carbons (Fsp3) is 0.261. The molecule has 2 aromatic carbocycles. The molecule has 1 saturated heterocycles. The molecule has 9 heteroatoms. The van der Waals surface area contributed by atoms with E-state index in [1.807, 2.05) is 25.1 Å². The predicted molar refractivity (Wildman–Crippen MR) is 119 cm³/mol. The number of nitro groups is 1. The van der Waals surface area contributed by atoms with Gasteiger partial charge in [0.15, 0.2) is 0 Å². The quantitative estimate of drug-likeness (QED) is 0.266. The Morgan fingerprint density at radius 2 is 1.72 bits per heavy atom. The third-order valence-electron chi connectivity index (χ3n) is 5.85. The van der Waals surface area contributed by atoms with E-state index in [1.54, 1.807) is 12.1 Å². The van der Waals surface area contributed by atoms with Crippen LogP contribution in [0, 0.1) is 22.0 Å². The van der Waals surface area contributed by atoms with Gasteiger partial charge in [-0.15, -0.1) is 0 Å². The van der Waals surface area contributed by atoms with Gasteiger partial charge in [-0.05, 0) is 49.6 Å². The Bertz CT molecular complexity index is 1130. The molecular weight excluding hydrogens is 478 g/mol. The van der Waals surface area contributed by atoms with Crippen LogP contribution in [0.3, 0.4) is 0 Å². The first kappa shape index (κ1) is 21.9. The maximum atomic E-state index is 13.4. The van der Waals surface area contributed by atoms with Gasteiger partial charge < -0.3 is 0 Å². The van der Waals surface area contributed by atoms with Crippen LogP contribution in [0.4, 0.5) is 5.69 Å². The van der Waals surface area contributed by atoms with Crippen molar-refractivity contribution in [1.29, 1.82) is 0 Å². The Labute approximate surface area is 192 Å². The molecule has 1 heterocycles. The van der Waals surface area contributed by atoms with Gasteiger partial charge in [-0.25, -0.2) is 5.01 Å². The number of nitrogens with zero attached hydrogens (tertiary/aromatic N) is 3. The van der Waals surface area contributed by atoms with Gasteiger partial charge in [0.1, 0.15) is 0 Å². The van der Waals surface area contributed by atoms with Crippen LogP contribution < -0.4 is 0 Å². The SMILES string of the molecule is CC1=CC[C@@H]2C(=O)N(N(Cc3ccc(Br)cc3)C(=O)c3ccc([N+](=O)[O-])cc3)C(=O)[C@@H]2C1. The second kappa shape index (κ2) is 8.66. The van der Waals surface area contributed by atoms with E-state index in [0.29, 0.717) is 12.8 Å². The predicted octanol–water partition coefficient (Wildman–Crippen LogP) is 4.26. The zero-order valence-electron chi connectivity index (χ0n) is 17.2. The number of benzene rings is 2. The number of allylic oxidation sites excluding steroid dienone is 2. The smallest absolute Gasteiger partial charge is 0.272 e. The van der Waals surface area contributed by atoms with Crippen molar-refractivity contribution < 1.29 is 19.3 Å². The van der Waals surface area contributed by atoms with Crippen LogP contribution in [0.5, 0.6) is 0 Å². The number of rotatable bonds is 5. The van der Waals surface area contributed by atoms with E-state index in [1.165, 1.54) is 24.3 Å². The molecule has 0 aromatic heterocycles. The molecule has 0 N–H and O–H groups in total. The molecule has 0 unspecified atom stereocenters. The van der Waals surface area contributed by atoms with Gasteiger partial charge >= 0.3 is 0 Å². The molecule has 164 valence electrons. The van der Waals surface area contributed by atoms with Gasteiger partial charge in [0.2, 0.25) is 0 Å². The average Bonchev–Trinajstić information content (AvgIpc) is 3.02. The number of hydrogen-bond acceptors (Lipinski definition) is 5. The third kappa shape index (κ3) is 4.08. The van der Waals surface area contributed by atoms with E-state index in [4.69, 9.17) is 0 Å². The lowest BCUT2D eigenvalue weighted by molar-refractivity contribution is -0.384. The van der Waals surface area contributed by atoms with Crippen LogP contribution in [0.15, 0.2) is 64.7 Å². The molecule has 0 radical (unpaired) electrons. The number of halogens is 1. The highest BCUT2D eigenvalue weighted by atomic mass is 79.9. The molecule has 8 nitrogen and oxygen atoms in total. The lowest BCUT2D eigenvalue weighted by Gasteiger charge is -2.30. The third-order valence-corrected chi connectivity index (χ3v) is 6.37. The Morgan fingerprint density at radius 3 is 2.34 bits per heavy atom. The minimum Gasteiger partial charge on any atom is -0.272 e. The number of non-ortho nitro benzene ring substituents is 1. The summed E-state index contributed by atoms with van der Waals surface area (Å²) in [6.45, 7) is 1.94. The molecule has 2 atom stereocenters. The summed E-state index contributed by atoms with van der Waals surface area (Å²) in [7, 11) is 0. The van der Waals surface area contributed by atoms with Crippen molar-refractivity contribution in [2.75, 3.05) is 0 Å². The van der Waals surface area contributed by atoms with E-state index >= 15 is 0 Å². The zero-order valence-corrected chi connectivity index (χ0v) is 18.8. The average molecular weight is 498 g/mol. The van der Waals surface area contributed by atoms with Gasteiger partial charge in [0, 0.05) is 22.2 Å². The van der Waals surface area contributed by atoms with Gasteiger partial charge in [-0.3, -0.25) is 24.5 Å². The Morgan fingerprint density at radius 1 is 1.09 bits per heavy atom. The van der Waals surface area contributed by atoms with Crippen molar-refractivity contribution in [2.24, 2.45) is 11.8 Å². The maximum Gasteiger partial charge on any atom is 0.273 e. The van der Waals surface area contributed by atoms with Crippen LogP contribution in [-0.4, -0.2) is 32.7 Å². The largest absolute Gasteiger partial charge is 0.273 e. The van der Waals surface area contributed by atoms with E-state index in [0.717, 1.165) is 25.6 Å². The summed E-state index contributed by atoms with van der Waals surface area (Å²) in [6.07, 6.45) is 2.92. The first-order chi connectivity index (χ1) is 15.3.